The highest BCUT2D eigenvalue weighted by Crippen LogP contribution is 2.18. The van der Waals surface area contributed by atoms with Gasteiger partial charge in [0.25, 0.3) is 5.91 Å². The summed E-state index contributed by atoms with van der Waals surface area (Å²) in [6.45, 7) is 3.58. The van der Waals surface area contributed by atoms with Gasteiger partial charge in [-0.2, -0.15) is 5.26 Å². The van der Waals surface area contributed by atoms with Gasteiger partial charge in [-0.1, -0.05) is 0 Å². The van der Waals surface area contributed by atoms with E-state index >= 15 is 0 Å². The molecule has 2 aromatic heterocycles. The number of benzene rings is 1. The number of aryl methyl sites for hydroxylation is 1. The molecule has 3 aromatic rings. The smallest absolute Gasteiger partial charge is 0.268 e. The van der Waals surface area contributed by atoms with Gasteiger partial charge >= 0.3 is 0 Å². The predicted molar refractivity (Wildman–Crippen MR) is 80.1 cm³/mol. The topological polar surface area (TPSA) is 94.7 Å². The number of hydrogen-bond donors (Lipinski definition) is 2. The van der Waals surface area contributed by atoms with Crippen LogP contribution in [0.15, 0.2) is 34.9 Å². The molecule has 1 atom stereocenters. The Kier molecular flexibility index (Phi) is 3.39. The van der Waals surface area contributed by atoms with E-state index in [0.29, 0.717) is 22.9 Å². The second-order valence-electron chi connectivity index (χ2n) is 5.07. The largest absolute Gasteiger partial charge is 0.444 e. The van der Waals surface area contributed by atoms with Crippen LogP contribution in [0.2, 0.25) is 0 Å². The molecule has 0 aliphatic rings. The van der Waals surface area contributed by atoms with Gasteiger partial charge in [-0.15, -0.1) is 0 Å². The number of oxazole rings is 1. The fourth-order valence-electron chi connectivity index (χ4n) is 2.25. The minimum absolute atomic E-state index is 0.240. The zero-order valence-electron chi connectivity index (χ0n) is 12.2. The van der Waals surface area contributed by atoms with Crippen LogP contribution < -0.4 is 5.32 Å². The molecule has 1 unspecified atom stereocenters. The number of amides is 1. The summed E-state index contributed by atoms with van der Waals surface area (Å²) in [4.78, 5) is 19.3. The average Bonchev–Trinajstić information content (AvgIpc) is 3.12. The molecule has 3 rings (SSSR count). The number of carbonyl (C=O) groups is 1. The summed E-state index contributed by atoms with van der Waals surface area (Å²) >= 11 is 0. The van der Waals surface area contributed by atoms with Crippen molar-refractivity contribution in [2.24, 2.45) is 0 Å². The fourth-order valence-corrected chi connectivity index (χ4v) is 2.25. The summed E-state index contributed by atoms with van der Waals surface area (Å²) in [7, 11) is 0. The average molecular weight is 294 g/mol. The monoisotopic (exact) mass is 294 g/mol. The molecule has 6 heteroatoms. The molecule has 22 heavy (non-hydrogen) atoms. The minimum Gasteiger partial charge on any atom is -0.444 e. The molecule has 110 valence electrons. The van der Waals surface area contributed by atoms with Gasteiger partial charge in [-0.05, 0) is 31.2 Å². The number of nitriles is 1. The van der Waals surface area contributed by atoms with Crippen LogP contribution in [0.4, 0.5) is 0 Å². The Labute approximate surface area is 126 Å². The lowest BCUT2D eigenvalue weighted by atomic mass is 10.2. The lowest BCUT2D eigenvalue weighted by Gasteiger charge is -2.09. The summed E-state index contributed by atoms with van der Waals surface area (Å²) in [5, 5.41) is 12.6. The molecule has 1 aromatic carbocycles. The molecule has 2 heterocycles. The Balaban J connectivity index is 1.81. The summed E-state index contributed by atoms with van der Waals surface area (Å²) in [5.41, 5.74) is 1.81. The van der Waals surface area contributed by atoms with E-state index in [9.17, 15) is 4.79 Å². The molecule has 0 spiro atoms. The molecule has 6 nitrogen and oxygen atoms in total. The third kappa shape index (κ3) is 2.56. The standard InChI is InChI=1S/C16H14N4O2/c1-9(15-8-18-10(2)22-15)19-16(21)14-6-12-5-11(7-17)3-4-13(12)20-14/h3-6,8-9,20H,1-2H3,(H,19,21). The number of aromatic nitrogens is 2. The van der Waals surface area contributed by atoms with Crippen LogP contribution in [-0.2, 0) is 0 Å². The second-order valence-corrected chi connectivity index (χ2v) is 5.07. The van der Waals surface area contributed by atoms with Crippen LogP contribution >= 0.6 is 0 Å². The van der Waals surface area contributed by atoms with Crippen LogP contribution in [0.3, 0.4) is 0 Å². The van der Waals surface area contributed by atoms with Gasteiger partial charge in [-0.25, -0.2) is 4.98 Å². The van der Waals surface area contributed by atoms with Crippen LogP contribution in [0.5, 0.6) is 0 Å². The summed E-state index contributed by atoms with van der Waals surface area (Å²) in [6, 6.07) is 8.76. The van der Waals surface area contributed by atoms with Crippen molar-refractivity contribution in [1.82, 2.24) is 15.3 Å². The Hall–Kier alpha value is -3.07. The zero-order valence-corrected chi connectivity index (χ0v) is 12.2. The van der Waals surface area contributed by atoms with Gasteiger partial charge < -0.3 is 14.7 Å². The van der Waals surface area contributed by atoms with E-state index in [4.69, 9.17) is 9.68 Å². The van der Waals surface area contributed by atoms with Crippen LogP contribution in [0, 0.1) is 18.3 Å². The number of fused-ring (bicyclic) bond motifs is 1. The normalized spacial score (nSPS) is 12.0. The Morgan fingerprint density at radius 2 is 2.27 bits per heavy atom. The van der Waals surface area contributed by atoms with E-state index in [2.05, 4.69) is 21.4 Å². The molecular formula is C16H14N4O2. The predicted octanol–water partition coefficient (Wildman–Crippen LogP) is 2.83. The number of rotatable bonds is 3. The van der Waals surface area contributed by atoms with Crippen molar-refractivity contribution in [1.29, 1.82) is 5.26 Å². The van der Waals surface area contributed by atoms with Gasteiger partial charge in [0.2, 0.25) is 0 Å². The van der Waals surface area contributed by atoms with Crippen LogP contribution in [0.1, 0.15) is 40.7 Å². The quantitative estimate of drug-likeness (QED) is 0.776. The van der Waals surface area contributed by atoms with Crippen LogP contribution in [0.25, 0.3) is 10.9 Å². The third-order valence-corrected chi connectivity index (χ3v) is 3.41. The maximum Gasteiger partial charge on any atom is 0.268 e. The molecule has 0 fully saturated rings. The Bertz CT molecular complexity index is 885. The molecule has 0 bridgehead atoms. The fraction of sp³-hybridized carbons (Fsp3) is 0.188. The highest BCUT2D eigenvalue weighted by Gasteiger charge is 2.16. The lowest BCUT2D eigenvalue weighted by Crippen LogP contribution is -2.26. The number of aromatic amines is 1. The third-order valence-electron chi connectivity index (χ3n) is 3.41. The molecule has 2 N–H and O–H groups in total. The molecular weight excluding hydrogens is 280 g/mol. The summed E-state index contributed by atoms with van der Waals surface area (Å²) in [6.07, 6.45) is 1.60. The maximum atomic E-state index is 12.3. The summed E-state index contributed by atoms with van der Waals surface area (Å²) in [5.74, 6) is 0.927. The van der Waals surface area contributed by atoms with Gasteiger partial charge in [0.15, 0.2) is 5.89 Å². The van der Waals surface area contributed by atoms with Crippen molar-refractivity contribution < 1.29 is 9.21 Å². The van der Waals surface area contributed by atoms with E-state index in [1.807, 2.05) is 6.92 Å². The molecule has 0 aliphatic carbocycles. The number of H-pyrrole nitrogens is 1. The Morgan fingerprint density at radius 1 is 1.45 bits per heavy atom. The van der Waals surface area contributed by atoms with Gasteiger partial charge in [0.05, 0.1) is 23.9 Å². The number of hydrogen-bond acceptors (Lipinski definition) is 4. The maximum absolute atomic E-state index is 12.3. The van der Waals surface area contributed by atoms with Crippen molar-refractivity contribution in [3.63, 3.8) is 0 Å². The van der Waals surface area contributed by atoms with E-state index in [0.717, 1.165) is 10.9 Å². The lowest BCUT2D eigenvalue weighted by molar-refractivity contribution is 0.0931. The van der Waals surface area contributed by atoms with E-state index in [-0.39, 0.29) is 11.9 Å². The van der Waals surface area contributed by atoms with Crippen molar-refractivity contribution in [3.05, 3.63) is 53.4 Å². The van der Waals surface area contributed by atoms with Crippen molar-refractivity contribution in [2.45, 2.75) is 19.9 Å². The highest BCUT2D eigenvalue weighted by molar-refractivity contribution is 5.98. The molecule has 0 radical (unpaired) electrons. The van der Waals surface area contributed by atoms with Gasteiger partial charge in [0, 0.05) is 17.8 Å². The van der Waals surface area contributed by atoms with E-state index in [1.165, 1.54) is 0 Å². The first kappa shape index (κ1) is 13.9. The van der Waals surface area contributed by atoms with E-state index in [1.54, 1.807) is 37.4 Å². The van der Waals surface area contributed by atoms with Crippen LogP contribution in [-0.4, -0.2) is 15.9 Å². The zero-order chi connectivity index (χ0) is 15.7. The van der Waals surface area contributed by atoms with Crippen molar-refractivity contribution in [3.8, 4) is 6.07 Å². The summed E-state index contributed by atoms with van der Waals surface area (Å²) < 4.78 is 5.40. The van der Waals surface area contributed by atoms with Gasteiger partial charge in [-0.3, -0.25) is 4.79 Å². The molecule has 1 amide bonds. The number of carbonyl (C=O) groups excluding carboxylic acids is 1. The van der Waals surface area contributed by atoms with Gasteiger partial charge in [0.1, 0.15) is 11.5 Å². The SMILES string of the molecule is Cc1ncc(C(C)NC(=O)c2cc3cc(C#N)ccc3[nH]2)o1. The molecule has 0 aliphatic heterocycles. The highest BCUT2D eigenvalue weighted by atomic mass is 16.4. The first-order valence-electron chi connectivity index (χ1n) is 6.83. The van der Waals surface area contributed by atoms with E-state index < -0.39 is 0 Å². The Morgan fingerprint density at radius 3 is 2.95 bits per heavy atom. The van der Waals surface area contributed by atoms with Crippen molar-refractivity contribution >= 4 is 16.8 Å². The van der Waals surface area contributed by atoms with Crippen molar-refractivity contribution in [2.75, 3.05) is 0 Å². The number of nitrogens with one attached hydrogen (secondary N) is 2. The molecule has 0 saturated heterocycles. The second kappa shape index (κ2) is 5.37. The molecule has 0 saturated carbocycles. The first-order valence-corrected chi connectivity index (χ1v) is 6.83. The first-order chi connectivity index (χ1) is 10.6. The minimum atomic E-state index is -0.283. The number of nitrogens with zero attached hydrogens (tertiary/aromatic N) is 2.